The van der Waals surface area contributed by atoms with E-state index >= 15 is 0 Å². The van der Waals surface area contributed by atoms with Crippen molar-refractivity contribution in [3.05, 3.63) is 57.9 Å². The number of aryl methyl sites for hydroxylation is 3. The van der Waals surface area contributed by atoms with Crippen LogP contribution in [0.15, 0.2) is 30.3 Å². The fourth-order valence-electron chi connectivity index (χ4n) is 2.37. The van der Waals surface area contributed by atoms with E-state index in [1.54, 1.807) is 6.07 Å². The zero-order valence-electron chi connectivity index (χ0n) is 12.8. The molecule has 0 aliphatic rings. The maximum absolute atomic E-state index is 13.6. The van der Waals surface area contributed by atoms with Gasteiger partial charge in [0, 0.05) is 10.7 Å². The molecule has 0 radical (unpaired) electrons. The Morgan fingerprint density at radius 2 is 1.77 bits per heavy atom. The Hall–Kier alpha value is -2.07. The molecule has 2 N–H and O–H groups in total. The first-order valence-electron chi connectivity index (χ1n) is 6.93. The smallest absolute Gasteiger partial charge is 0.243 e. The van der Waals surface area contributed by atoms with Gasteiger partial charge in [-0.25, -0.2) is 4.39 Å². The third-order valence-corrected chi connectivity index (χ3v) is 3.55. The van der Waals surface area contributed by atoms with Crippen LogP contribution < -0.4 is 10.6 Å². The van der Waals surface area contributed by atoms with Crippen LogP contribution in [0.5, 0.6) is 0 Å². The zero-order chi connectivity index (χ0) is 16.3. The fraction of sp³-hybridized carbons (Fsp3) is 0.235. The quantitative estimate of drug-likeness (QED) is 0.873. The Bertz CT molecular complexity index is 693. The predicted molar refractivity (Wildman–Crippen MR) is 89.2 cm³/mol. The number of nitrogens with one attached hydrogen (secondary N) is 2. The van der Waals surface area contributed by atoms with Gasteiger partial charge in [-0.3, -0.25) is 4.79 Å². The number of carbonyl (C=O) groups is 1. The number of halogens is 2. The Labute approximate surface area is 134 Å². The molecule has 0 spiro atoms. The van der Waals surface area contributed by atoms with Gasteiger partial charge >= 0.3 is 0 Å². The summed E-state index contributed by atoms with van der Waals surface area (Å²) in [7, 11) is 0. The van der Waals surface area contributed by atoms with Gasteiger partial charge in [-0.2, -0.15) is 0 Å². The summed E-state index contributed by atoms with van der Waals surface area (Å²) in [5.41, 5.74) is 4.20. The second kappa shape index (κ2) is 6.79. The molecule has 1 amide bonds. The summed E-state index contributed by atoms with van der Waals surface area (Å²) < 4.78 is 13.6. The third-order valence-electron chi connectivity index (χ3n) is 3.31. The first-order chi connectivity index (χ1) is 10.4. The lowest BCUT2D eigenvalue weighted by Crippen LogP contribution is -2.23. The van der Waals surface area contributed by atoms with Gasteiger partial charge in [0.25, 0.3) is 0 Å². The van der Waals surface area contributed by atoms with E-state index in [4.69, 9.17) is 11.6 Å². The van der Waals surface area contributed by atoms with Crippen LogP contribution in [0.3, 0.4) is 0 Å². The van der Waals surface area contributed by atoms with Crippen molar-refractivity contribution in [2.24, 2.45) is 0 Å². The van der Waals surface area contributed by atoms with Crippen molar-refractivity contribution in [1.82, 2.24) is 0 Å². The molecule has 2 rings (SSSR count). The van der Waals surface area contributed by atoms with E-state index in [2.05, 4.69) is 10.6 Å². The van der Waals surface area contributed by atoms with Crippen molar-refractivity contribution >= 4 is 28.9 Å². The molecule has 0 aliphatic heterocycles. The first-order valence-corrected chi connectivity index (χ1v) is 7.31. The lowest BCUT2D eigenvalue weighted by Gasteiger charge is -2.13. The molecule has 0 heterocycles. The van der Waals surface area contributed by atoms with Gasteiger partial charge in [-0.05, 0) is 50.1 Å². The van der Waals surface area contributed by atoms with Crippen LogP contribution in [-0.4, -0.2) is 12.5 Å². The minimum atomic E-state index is -0.483. The lowest BCUT2D eigenvalue weighted by molar-refractivity contribution is -0.114. The van der Waals surface area contributed by atoms with Crippen molar-refractivity contribution in [2.45, 2.75) is 20.8 Å². The Morgan fingerprint density at radius 3 is 2.36 bits per heavy atom. The van der Waals surface area contributed by atoms with Crippen molar-refractivity contribution in [2.75, 3.05) is 17.2 Å². The van der Waals surface area contributed by atoms with E-state index in [0.717, 1.165) is 22.4 Å². The highest BCUT2D eigenvalue weighted by Crippen LogP contribution is 2.22. The van der Waals surface area contributed by atoms with E-state index < -0.39 is 5.82 Å². The molecule has 0 saturated carbocycles. The molecule has 0 bridgehead atoms. The third kappa shape index (κ3) is 3.98. The maximum atomic E-state index is 13.6. The van der Waals surface area contributed by atoms with Gasteiger partial charge in [0.15, 0.2) is 0 Å². The molecule has 5 heteroatoms. The molecule has 22 heavy (non-hydrogen) atoms. The average Bonchev–Trinajstić information content (AvgIpc) is 2.42. The summed E-state index contributed by atoms with van der Waals surface area (Å²) >= 11 is 5.69. The topological polar surface area (TPSA) is 41.1 Å². The van der Waals surface area contributed by atoms with E-state index in [1.165, 1.54) is 12.1 Å². The zero-order valence-corrected chi connectivity index (χ0v) is 13.5. The second-order valence-electron chi connectivity index (χ2n) is 5.30. The van der Waals surface area contributed by atoms with Crippen LogP contribution in [0.1, 0.15) is 16.7 Å². The molecular weight excluding hydrogens is 303 g/mol. The van der Waals surface area contributed by atoms with Gasteiger partial charge in [0.05, 0.1) is 12.2 Å². The molecule has 116 valence electrons. The maximum Gasteiger partial charge on any atom is 0.243 e. The first kappa shape index (κ1) is 16.3. The molecule has 2 aromatic rings. The van der Waals surface area contributed by atoms with E-state index in [-0.39, 0.29) is 18.1 Å². The summed E-state index contributed by atoms with van der Waals surface area (Å²) in [5.74, 6) is -0.715. The van der Waals surface area contributed by atoms with Crippen LogP contribution in [0, 0.1) is 26.6 Å². The van der Waals surface area contributed by atoms with E-state index in [9.17, 15) is 9.18 Å². The second-order valence-corrected chi connectivity index (χ2v) is 5.74. The van der Waals surface area contributed by atoms with Crippen molar-refractivity contribution in [1.29, 1.82) is 0 Å². The number of hydrogen-bond acceptors (Lipinski definition) is 2. The van der Waals surface area contributed by atoms with Crippen molar-refractivity contribution < 1.29 is 9.18 Å². The minimum Gasteiger partial charge on any atom is -0.374 e. The summed E-state index contributed by atoms with van der Waals surface area (Å²) in [5, 5.41) is 5.94. The number of rotatable bonds is 4. The van der Waals surface area contributed by atoms with Crippen LogP contribution in [0.2, 0.25) is 5.02 Å². The number of amides is 1. The van der Waals surface area contributed by atoms with Crippen LogP contribution in [-0.2, 0) is 4.79 Å². The van der Waals surface area contributed by atoms with Gasteiger partial charge in [0.2, 0.25) is 5.91 Å². The number of carbonyl (C=O) groups excluding carboxylic acids is 1. The Kier molecular flexibility index (Phi) is 5.03. The van der Waals surface area contributed by atoms with Crippen LogP contribution in [0.4, 0.5) is 15.8 Å². The summed E-state index contributed by atoms with van der Waals surface area (Å²) in [4.78, 5) is 12.0. The molecule has 0 atom stereocenters. The molecule has 0 aliphatic carbocycles. The van der Waals surface area contributed by atoms with E-state index in [1.807, 2.05) is 32.9 Å². The molecule has 0 unspecified atom stereocenters. The molecule has 2 aromatic carbocycles. The highest BCUT2D eigenvalue weighted by Gasteiger charge is 2.09. The summed E-state index contributed by atoms with van der Waals surface area (Å²) in [6, 6.07) is 8.30. The van der Waals surface area contributed by atoms with Gasteiger partial charge in [-0.15, -0.1) is 0 Å². The summed E-state index contributed by atoms with van der Waals surface area (Å²) in [6.45, 7) is 5.88. The standard InChI is InChI=1S/C17H18ClFN2O/c1-10-6-11(2)17(12(3)7-10)21-16(22)9-20-15-5-4-13(18)8-14(15)19/h4-8,20H,9H2,1-3H3,(H,21,22). The number of benzene rings is 2. The van der Waals surface area contributed by atoms with Crippen LogP contribution in [0.25, 0.3) is 0 Å². The fourth-order valence-corrected chi connectivity index (χ4v) is 2.53. The monoisotopic (exact) mass is 320 g/mol. The SMILES string of the molecule is Cc1cc(C)c(NC(=O)CNc2ccc(Cl)cc2F)c(C)c1. The van der Waals surface area contributed by atoms with Crippen LogP contribution >= 0.6 is 11.6 Å². The highest BCUT2D eigenvalue weighted by atomic mass is 35.5. The molecule has 0 saturated heterocycles. The largest absolute Gasteiger partial charge is 0.374 e. The van der Waals surface area contributed by atoms with Gasteiger partial charge in [0.1, 0.15) is 5.82 Å². The highest BCUT2D eigenvalue weighted by molar-refractivity contribution is 6.30. The normalized spacial score (nSPS) is 10.4. The van der Waals surface area contributed by atoms with Crippen molar-refractivity contribution in [3.8, 4) is 0 Å². The van der Waals surface area contributed by atoms with Gasteiger partial charge in [-0.1, -0.05) is 29.3 Å². The predicted octanol–water partition coefficient (Wildman–Crippen LogP) is 4.45. The van der Waals surface area contributed by atoms with Crippen molar-refractivity contribution in [3.63, 3.8) is 0 Å². The average molecular weight is 321 g/mol. The Balaban J connectivity index is 2.02. The molecular formula is C17H18ClFN2O. The molecule has 0 fully saturated rings. The minimum absolute atomic E-state index is 0.0225. The summed E-state index contributed by atoms with van der Waals surface area (Å²) in [6.07, 6.45) is 0. The molecule has 0 aromatic heterocycles. The number of anilines is 2. The molecule has 3 nitrogen and oxygen atoms in total. The Morgan fingerprint density at radius 1 is 1.14 bits per heavy atom. The lowest BCUT2D eigenvalue weighted by atomic mass is 10.1. The van der Waals surface area contributed by atoms with Gasteiger partial charge < -0.3 is 10.6 Å². The van der Waals surface area contributed by atoms with E-state index in [0.29, 0.717) is 5.02 Å². The number of hydrogen-bond donors (Lipinski definition) is 2.